The molecule has 1 N–H and O–H groups in total. The Labute approximate surface area is 125 Å². The molecule has 4 nitrogen and oxygen atoms in total. The van der Waals surface area contributed by atoms with Gasteiger partial charge in [0.15, 0.2) is 9.84 Å². The van der Waals surface area contributed by atoms with Crippen LogP contribution in [0.5, 0.6) is 0 Å². The highest BCUT2D eigenvalue weighted by Crippen LogP contribution is 2.21. The van der Waals surface area contributed by atoms with Crippen LogP contribution in [0.15, 0.2) is 24.3 Å². The highest BCUT2D eigenvalue weighted by molar-refractivity contribution is 7.91. The molecule has 1 rings (SSSR count). The molecule has 20 heavy (non-hydrogen) atoms. The standard InChI is InChI=1S/C14H20ClNO3S/c1-14(2,3)10-20(18,19)9-8-13(17)16-12-7-5-4-6-11(12)15/h4-7H,8-10H2,1-3H3,(H,16,17). The van der Waals surface area contributed by atoms with Crippen molar-refractivity contribution in [2.45, 2.75) is 27.2 Å². The lowest BCUT2D eigenvalue weighted by atomic mass is 10.0. The number of anilines is 1. The number of sulfone groups is 1. The smallest absolute Gasteiger partial charge is 0.225 e. The summed E-state index contributed by atoms with van der Waals surface area (Å²) in [5, 5.41) is 3.04. The molecule has 6 heteroatoms. The molecular weight excluding hydrogens is 298 g/mol. The van der Waals surface area contributed by atoms with Crippen molar-refractivity contribution in [2.75, 3.05) is 16.8 Å². The van der Waals surface area contributed by atoms with Gasteiger partial charge < -0.3 is 5.32 Å². The molecule has 0 aliphatic carbocycles. The lowest BCUT2D eigenvalue weighted by Gasteiger charge is -2.17. The molecule has 0 heterocycles. The van der Waals surface area contributed by atoms with E-state index in [1.54, 1.807) is 24.3 Å². The number of hydrogen-bond acceptors (Lipinski definition) is 3. The molecule has 0 spiro atoms. The van der Waals surface area contributed by atoms with E-state index >= 15 is 0 Å². The van der Waals surface area contributed by atoms with Gasteiger partial charge in [-0.1, -0.05) is 44.5 Å². The highest BCUT2D eigenvalue weighted by Gasteiger charge is 2.22. The fraction of sp³-hybridized carbons (Fsp3) is 0.500. The maximum atomic E-state index is 11.9. The number of nitrogens with one attached hydrogen (secondary N) is 1. The molecule has 0 aromatic heterocycles. The van der Waals surface area contributed by atoms with Gasteiger partial charge in [-0.3, -0.25) is 4.79 Å². The van der Waals surface area contributed by atoms with Crippen LogP contribution in [0.3, 0.4) is 0 Å². The number of para-hydroxylation sites is 1. The second-order valence-corrected chi connectivity index (χ2v) is 8.52. The molecule has 0 bridgehead atoms. The van der Waals surface area contributed by atoms with Crippen LogP contribution >= 0.6 is 11.6 Å². The van der Waals surface area contributed by atoms with Crippen LogP contribution < -0.4 is 5.32 Å². The molecule has 0 unspecified atom stereocenters. The van der Waals surface area contributed by atoms with Gasteiger partial charge in [-0.05, 0) is 17.5 Å². The number of hydrogen-bond donors (Lipinski definition) is 1. The second kappa shape index (κ2) is 6.59. The first kappa shape index (κ1) is 17.0. The molecule has 1 aromatic rings. The first-order valence-corrected chi connectivity index (χ1v) is 8.54. The summed E-state index contributed by atoms with van der Waals surface area (Å²) >= 11 is 5.91. The van der Waals surface area contributed by atoms with Crippen molar-refractivity contribution in [1.29, 1.82) is 0 Å². The van der Waals surface area contributed by atoms with Gasteiger partial charge in [0.25, 0.3) is 0 Å². The van der Waals surface area contributed by atoms with Crippen molar-refractivity contribution in [3.8, 4) is 0 Å². The van der Waals surface area contributed by atoms with Crippen molar-refractivity contribution < 1.29 is 13.2 Å². The fourth-order valence-corrected chi connectivity index (χ4v) is 3.90. The van der Waals surface area contributed by atoms with Gasteiger partial charge in [-0.2, -0.15) is 0 Å². The lowest BCUT2D eigenvalue weighted by molar-refractivity contribution is -0.115. The Morgan fingerprint density at radius 3 is 2.40 bits per heavy atom. The molecule has 1 amide bonds. The Kier molecular flexibility index (Phi) is 5.59. The number of amides is 1. The second-order valence-electron chi connectivity index (χ2n) is 5.93. The van der Waals surface area contributed by atoms with E-state index in [1.165, 1.54) is 0 Å². The fourth-order valence-electron chi connectivity index (χ4n) is 1.76. The molecule has 0 fully saturated rings. The van der Waals surface area contributed by atoms with E-state index in [-0.39, 0.29) is 29.2 Å². The molecule has 0 aliphatic rings. The van der Waals surface area contributed by atoms with E-state index < -0.39 is 9.84 Å². The molecule has 0 radical (unpaired) electrons. The third-order valence-electron chi connectivity index (χ3n) is 2.44. The quantitative estimate of drug-likeness (QED) is 0.907. The third-order valence-corrected chi connectivity index (χ3v) is 4.90. The van der Waals surface area contributed by atoms with E-state index in [2.05, 4.69) is 5.32 Å². The number of carbonyl (C=O) groups excluding carboxylic acids is 1. The Hall–Kier alpha value is -1.07. The average Bonchev–Trinajstić information content (AvgIpc) is 2.27. The SMILES string of the molecule is CC(C)(C)CS(=O)(=O)CCC(=O)Nc1ccccc1Cl. The van der Waals surface area contributed by atoms with Gasteiger partial charge in [0.05, 0.1) is 22.2 Å². The van der Waals surface area contributed by atoms with Crippen LogP contribution in [0.25, 0.3) is 0 Å². The number of halogens is 1. The summed E-state index contributed by atoms with van der Waals surface area (Å²) in [6, 6.07) is 6.83. The van der Waals surface area contributed by atoms with Gasteiger partial charge >= 0.3 is 0 Å². The summed E-state index contributed by atoms with van der Waals surface area (Å²) in [6.45, 7) is 5.57. The average molecular weight is 318 g/mol. The molecule has 112 valence electrons. The number of rotatable bonds is 5. The molecule has 0 saturated carbocycles. The summed E-state index contributed by atoms with van der Waals surface area (Å²) in [6.07, 6.45) is -0.0658. The zero-order valence-corrected chi connectivity index (χ0v) is 13.5. The van der Waals surface area contributed by atoms with Gasteiger partial charge in [-0.25, -0.2) is 8.42 Å². The Bertz CT molecular complexity index is 576. The van der Waals surface area contributed by atoms with E-state index in [4.69, 9.17) is 11.6 Å². The van der Waals surface area contributed by atoms with Crippen molar-refractivity contribution in [3.05, 3.63) is 29.3 Å². The number of benzene rings is 1. The van der Waals surface area contributed by atoms with E-state index in [0.717, 1.165) is 0 Å². The van der Waals surface area contributed by atoms with Gasteiger partial charge in [-0.15, -0.1) is 0 Å². The van der Waals surface area contributed by atoms with Crippen LogP contribution in [0.4, 0.5) is 5.69 Å². The zero-order valence-electron chi connectivity index (χ0n) is 11.9. The van der Waals surface area contributed by atoms with Gasteiger partial charge in [0.1, 0.15) is 0 Å². The van der Waals surface area contributed by atoms with Gasteiger partial charge in [0.2, 0.25) is 5.91 Å². The molecule has 1 aromatic carbocycles. The third kappa shape index (κ3) is 6.39. The van der Waals surface area contributed by atoms with Crippen LogP contribution in [-0.2, 0) is 14.6 Å². The molecule has 0 saturated heterocycles. The molecular formula is C14H20ClNO3S. The first-order valence-electron chi connectivity index (χ1n) is 6.34. The van der Waals surface area contributed by atoms with Crippen LogP contribution in [0.1, 0.15) is 27.2 Å². The van der Waals surface area contributed by atoms with E-state index in [1.807, 2.05) is 20.8 Å². The largest absolute Gasteiger partial charge is 0.325 e. The Morgan fingerprint density at radius 2 is 1.85 bits per heavy atom. The molecule has 0 atom stereocenters. The maximum Gasteiger partial charge on any atom is 0.225 e. The summed E-state index contributed by atoms with van der Waals surface area (Å²) in [5.74, 6) is -0.435. The van der Waals surface area contributed by atoms with Gasteiger partial charge in [0, 0.05) is 6.42 Å². The minimum atomic E-state index is -3.23. The van der Waals surface area contributed by atoms with Crippen molar-refractivity contribution in [1.82, 2.24) is 0 Å². The van der Waals surface area contributed by atoms with Crippen molar-refractivity contribution >= 4 is 33.0 Å². The predicted octanol–water partition coefficient (Wildman–Crippen LogP) is 3.13. The zero-order chi connectivity index (χ0) is 15.4. The summed E-state index contributed by atoms with van der Waals surface area (Å²) in [7, 11) is -3.23. The lowest BCUT2D eigenvalue weighted by Crippen LogP contribution is -2.25. The Morgan fingerprint density at radius 1 is 1.25 bits per heavy atom. The van der Waals surface area contributed by atoms with E-state index in [0.29, 0.717) is 10.7 Å². The summed E-state index contributed by atoms with van der Waals surface area (Å²) < 4.78 is 23.7. The minimum Gasteiger partial charge on any atom is -0.325 e. The molecule has 0 aliphatic heterocycles. The Balaban J connectivity index is 2.54. The summed E-state index contributed by atoms with van der Waals surface area (Å²) in [5.41, 5.74) is 0.185. The topological polar surface area (TPSA) is 63.2 Å². The van der Waals surface area contributed by atoms with Crippen LogP contribution in [0, 0.1) is 5.41 Å². The van der Waals surface area contributed by atoms with Crippen LogP contribution in [-0.4, -0.2) is 25.8 Å². The summed E-state index contributed by atoms with van der Waals surface area (Å²) in [4.78, 5) is 11.7. The van der Waals surface area contributed by atoms with Crippen molar-refractivity contribution in [3.63, 3.8) is 0 Å². The first-order chi connectivity index (χ1) is 9.09. The number of carbonyl (C=O) groups is 1. The van der Waals surface area contributed by atoms with E-state index in [9.17, 15) is 13.2 Å². The maximum absolute atomic E-state index is 11.9. The normalized spacial score (nSPS) is 12.2. The monoisotopic (exact) mass is 317 g/mol. The van der Waals surface area contributed by atoms with Crippen molar-refractivity contribution in [2.24, 2.45) is 5.41 Å². The predicted molar refractivity (Wildman–Crippen MR) is 82.8 cm³/mol. The van der Waals surface area contributed by atoms with Crippen LogP contribution in [0.2, 0.25) is 5.02 Å². The highest BCUT2D eigenvalue weighted by atomic mass is 35.5. The minimum absolute atomic E-state index is 0.0658.